The van der Waals surface area contributed by atoms with E-state index < -0.39 is 0 Å². The summed E-state index contributed by atoms with van der Waals surface area (Å²) < 4.78 is 0. The Balaban J connectivity index is 3.26. The van der Waals surface area contributed by atoms with Crippen LogP contribution in [0.3, 0.4) is 0 Å². The fourth-order valence-corrected chi connectivity index (χ4v) is 1.85. The monoisotopic (exact) mass is 242 g/mol. The van der Waals surface area contributed by atoms with Gasteiger partial charge in [0, 0.05) is 0 Å². The molecule has 0 spiro atoms. The average molecular weight is 242 g/mol. The van der Waals surface area contributed by atoms with Gasteiger partial charge in [-0.15, -0.1) is 0 Å². The van der Waals surface area contributed by atoms with Crippen molar-refractivity contribution in [3.63, 3.8) is 0 Å². The standard InChI is InChI=1S/C5H12BIS/c1-3-5-6-8(7)4-2/h3-5H2,1-2H3. The van der Waals surface area contributed by atoms with E-state index in [0.717, 1.165) is 0 Å². The van der Waals surface area contributed by atoms with Crippen LogP contribution in [0.15, 0.2) is 0 Å². The molecule has 0 aromatic carbocycles. The van der Waals surface area contributed by atoms with Crippen molar-refractivity contribution in [2.45, 2.75) is 26.6 Å². The topological polar surface area (TPSA) is 0 Å². The molecule has 1 atom stereocenters. The predicted octanol–water partition coefficient (Wildman–Crippen LogP) is 3.07. The van der Waals surface area contributed by atoms with E-state index in [9.17, 15) is 0 Å². The normalized spacial score (nSPS) is 13.4. The van der Waals surface area contributed by atoms with E-state index in [0.29, 0.717) is 7.49 Å². The van der Waals surface area contributed by atoms with Gasteiger partial charge in [0.1, 0.15) is 0 Å². The maximum absolute atomic E-state index is 2.50. The molecule has 0 aromatic heterocycles. The first-order valence-electron chi connectivity index (χ1n) is 3.00. The molecule has 3 heteroatoms. The van der Waals surface area contributed by atoms with Gasteiger partial charge in [0.25, 0.3) is 0 Å². The van der Waals surface area contributed by atoms with Crippen molar-refractivity contribution < 1.29 is 0 Å². The van der Waals surface area contributed by atoms with E-state index in [1.54, 1.807) is 0 Å². The second-order valence-corrected chi connectivity index (χ2v) is 6.64. The van der Waals surface area contributed by atoms with Crippen LogP contribution in [0.2, 0.25) is 6.32 Å². The molecule has 0 saturated carbocycles. The van der Waals surface area contributed by atoms with Crippen LogP contribution in [0.1, 0.15) is 20.3 Å². The first kappa shape index (κ1) is 9.14. The van der Waals surface area contributed by atoms with E-state index >= 15 is 0 Å². The summed E-state index contributed by atoms with van der Waals surface area (Å²) in [7, 11) is 0.568. The Morgan fingerprint density at radius 3 is 2.50 bits per heavy atom. The van der Waals surface area contributed by atoms with Gasteiger partial charge >= 0.3 is 67.2 Å². The molecule has 0 aliphatic carbocycles. The molecule has 1 unspecified atom stereocenters. The molecule has 0 radical (unpaired) electrons. The van der Waals surface area contributed by atoms with Crippen molar-refractivity contribution in [2.24, 2.45) is 0 Å². The number of hydrogen-bond acceptors (Lipinski definition) is 0. The third kappa shape index (κ3) is 5.28. The molecule has 0 rings (SSSR count). The van der Waals surface area contributed by atoms with Gasteiger partial charge in [-0.05, 0) is 0 Å². The van der Waals surface area contributed by atoms with E-state index in [2.05, 4.69) is 41.2 Å². The number of halogens is 1. The molecule has 0 heterocycles. The summed E-state index contributed by atoms with van der Waals surface area (Å²) in [6.45, 7) is 4.46. The predicted molar refractivity (Wildman–Crippen MR) is 53.0 cm³/mol. The van der Waals surface area contributed by atoms with Gasteiger partial charge in [-0.3, -0.25) is 0 Å². The van der Waals surface area contributed by atoms with E-state index in [1.165, 1.54) is 18.5 Å². The molecule has 0 aliphatic heterocycles. The van der Waals surface area contributed by atoms with E-state index in [1.807, 2.05) is 0 Å². The summed E-state index contributed by atoms with van der Waals surface area (Å²) in [4.78, 5) is 0. The van der Waals surface area contributed by atoms with Crippen LogP contribution in [-0.4, -0.2) is 11.9 Å². The van der Waals surface area contributed by atoms with Gasteiger partial charge in [-0.2, -0.15) is 0 Å². The fourth-order valence-electron chi connectivity index (χ4n) is 0.364. The Morgan fingerprint density at radius 1 is 1.50 bits per heavy atom. The van der Waals surface area contributed by atoms with Crippen molar-refractivity contribution in [1.29, 1.82) is 0 Å². The number of rotatable bonds is 3. The quantitative estimate of drug-likeness (QED) is 0.527. The molecule has 0 nitrogen and oxygen atoms in total. The van der Waals surface area contributed by atoms with Gasteiger partial charge in [-0.1, -0.05) is 0 Å². The van der Waals surface area contributed by atoms with Crippen molar-refractivity contribution in [1.82, 2.24) is 0 Å². The Morgan fingerprint density at radius 2 is 2.12 bits per heavy atom. The minimum absolute atomic E-state index is 0.568. The van der Waals surface area contributed by atoms with Crippen molar-refractivity contribution in [3.8, 4) is 0 Å². The van der Waals surface area contributed by atoms with Crippen LogP contribution in [0.25, 0.3) is 0 Å². The molecular formula is C5H12BIS. The van der Waals surface area contributed by atoms with E-state index in [4.69, 9.17) is 0 Å². The number of hydrogen-bond donors (Lipinski definition) is 0. The molecule has 0 N–H and O–H groups in total. The summed E-state index contributed by atoms with van der Waals surface area (Å²) in [6.07, 6.45) is 5.01. The van der Waals surface area contributed by atoms with Crippen LogP contribution in [0, 0.1) is 0 Å². The molecule has 0 fully saturated rings. The molecule has 48 valence electrons. The summed E-state index contributed by atoms with van der Waals surface area (Å²) in [5, 5.41) is 0. The first-order chi connectivity index (χ1) is 3.81. The van der Waals surface area contributed by atoms with Crippen LogP contribution in [0.5, 0.6) is 0 Å². The zero-order valence-corrected chi connectivity index (χ0v) is 8.46. The summed E-state index contributed by atoms with van der Waals surface area (Å²) >= 11 is 2.50. The zero-order chi connectivity index (χ0) is 6.41. The van der Waals surface area contributed by atoms with Crippen molar-refractivity contribution in [2.75, 3.05) is 5.75 Å². The van der Waals surface area contributed by atoms with Crippen LogP contribution in [0.4, 0.5) is 0 Å². The van der Waals surface area contributed by atoms with Crippen LogP contribution < -0.4 is 0 Å². The molecule has 0 amide bonds. The molecule has 8 heavy (non-hydrogen) atoms. The second-order valence-electron chi connectivity index (χ2n) is 1.61. The molecule has 0 saturated heterocycles. The van der Waals surface area contributed by atoms with Crippen LogP contribution >= 0.6 is 28.7 Å². The van der Waals surface area contributed by atoms with Crippen LogP contribution in [-0.2, 0) is 0 Å². The van der Waals surface area contributed by atoms with Gasteiger partial charge in [0.15, 0.2) is 0 Å². The molecule has 0 aliphatic rings. The molecule has 0 bridgehead atoms. The minimum atomic E-state index is 0.568. The summed E-state index contributed by atoms with van der Waals surface area (Å²) in [5.74, 6) is 1.31. The molecule has 0 aromatic rings. The SMILES string of the molecule is CCCB=S(I)CC. The third-order valence-electron chi connectivity index (χ3n) is 0.863. The summed E-state index contributed by atoms with van der Waals surface area (Å²) in [6, 6.07) is 0. The third-order valence-corrected chi connectivity index (χ3v) is 4.96. The zero-order valence-electron chi connectivity index (χ0n) is 5.48. The van der Waals surface area contributed by atoms with Gasteiger partial charge in [0.2, 0.25) is 0 Å². The van der Waals surface area contributed by atoms with Gasteiger partial charge in [-0.25, -0.2) is 0 Å². The Hall–Kier alpha value is 1.14. The van der Waals surface area contributed by atoms with Gasteiger partial charge in [0.05, 0.1) is 0 Å². The second kappa shape index (κ2) is 6.27. The summed E-state index contributed by atoms with van der Waals surface area (Å²) in [5.41, 5.74) is 0. The van der Waals surface area contributed by atoms with Crippen molar-refractivity contribution >= 4 is 34.9 Å². The first-order valence-corrected chi connectivity index (χ1v) is 7.00. The maximum atomic E-state index is 2.50. The Labute approximate surface area is 67.1 Å². The van der Waals surface area contributed by atoms with E-state index in [-0.39, 0.29) is 0 Å². The fraction of sp³-hybridized carbons (Fsp3) is 1.00. The molecular weight excluding hydrogens is 230 g/mol. The average Bonchev–Trinajstić information content (AvgIpc) is 1.83. The van der Waals surface area contributed by atoms with Gasteiger partial charge < -0.3 is 0 Å². The van der Waals surface area contributed by atoms with Crippen molar-refractivity contribution in [3.05, 3.63) is 0 Å². The Kier molecular flexibility index (Phi) is 7.16. The Bertz CT molecular complexity index is 82.5.